The molecule has 1 N–H and O–H groups in total. The first-order valence-electron chi connectivity index (χ1n) is 7.11. The quantitative estimate of drug-likeness (QED) is 0.845. The van der Waals surface area contributed by atoms with Gasteiger partial charge in [-0.3, -0.25) is 0 Å². The molecule has 5 nitrogen and oxygen atoms in total. The van der Waals surface area contributed by atoms with Gasteiger partial charge in [0.2, 0.25) is 0 Å². The van der Waals surface area contributed by atoms with E-state index in [9.17, 15) is 4.21 Å². The molecule has 6 heteroatoms. The summed E-state index contributed by atoms with van der Waals surface area (Å²) in [5, 5.41) is 0. The largest absolute Gasteiger partial charge is 0.496 e. The van der Waals surface area contributed by atoms with Gasteiger partial charge in [-0.15, -0.1) is 0 Å². The van der Waals surface area contributed by atoms with Crippen LogP contribution in [0.1, 0.15) is 11.1 Å². The van der Waals surface area contributed by atoms with Gasteiger partial charge in [-0.05, 0) is 25.1 Å². The Morgan fingerprint density at radius 3 is 2.30 bits per heavy atom. The first kappa shape index (κ1) is 17.3. The van der Waals surface area contributed by atoms with Crippen LogP contribution < -0.4 is 18.9 Å². The Morgan fingerprint density at radius 1 is 0.957 bits per heavy atom. The molecule has 0 aliphatic rings. The minimum absolute atomic E-state index is 0.421. The van der Waals surface area contributed by atoms with E-state index in [1.165, 1.54) is 0 Å². The first-order chi connectivity index (χ1) is 11.1. The predicted molar refractivity (Wildman–Crippen MR) is 90.5 cm³/mol. The fraction of sp³-hybridized carbons (Fsp3) is 0.294. The molecular formula is C17H21NO4S. The van der Waals surface area contributed by atoms with Gasteiger partial charge in [0.1, 0.15) is 28.2 Å². The molecule has 2 rings (SSSR count). The lowest BCUT2D eigenvalue weighted by atomic mass is 10.2. The van der Waals surface area contributed by atoms with Crippen molar-refractivity contribution < 1.29 is 18.4 Å². The molecule has 2 aromatic carbocycles. The summed E-state index contributed by atoms with van der Waals surface area (Å²) >= 11 is 0. The van der Waals surface area contributed by atoms with E-state index < -0.39 is 11.0 Å². The summed E-state index contributed by atoms with van der Waals surface area (Å²) in [7, 11) is 3.36. The van der Waals surface area contributed by atoms with Crippen LogP contribution in [0.25, 0.3) is 0 Å². The van der Waals surface area contributed by atoms with Crippen molar-refractivity contribution in [3.8, 4) is 17.2 Å². The monoisotopic (exact) mass is 335 g/mol. The highest BCUT2D eigenvalue weighted by Gasteiger charge is 2.16. The summed E-state index contributed by atoms with van der Waals surface area (Å²) in [5.74, 6) is 2.03. The van der Waals surface area contributed by atoms with Crippen LogP contribution in [-0.2, 0) is 17.5 Å². The average Bonchev–Trinajstić information content (AvgIpc) is 2.59. The van der Waals surface area contributed by atoms with Gasteiger partial charge in [0.05, 0.1) is 26.2 Å². The molecule has 124 valence electrons. The van der Waals surface area contributed by atoms with E-state index >= 15 is 0 Å². The van der Waals surface area contributed by atoms with E-state index in [1.807, 2.05) is 31.2 Å². The molecule has 0 aromatic heterocycles. The summed E-state index contributed by atoms with van der Waals surface area (Å²) in [6, 6.07) is 11.2. The van der Waals surface area contributed by atoms with Crippen LogP contribution >= 0.6 is 0 Å². The molecule has 0 spiro atoms. The zero-order valence-electron chi connectivity index (χ0n) is 13.7. The molecule has 0 unspecified atom stereocenters. The lowest BCUT2D eigenvalue weighted by Gasteiger charge is -2.15. The van der Waals surface area contributed by atoms with Crippen molar-refractivity contribution in [2.45, 2.75) is 18.4 Å². The lowest BCUT2D eigenvalue weighted by molar-refractivity contribution is 0.381. The molecule has 0 fully saturated rings. The number of methoxy groups -OCH3 is 3. The average molecular weight is 335 g/mol. The zero-order valence-corrected chi connectivity index (χ0v) is 14.5. The van der Waals surface area contributed by atoms with Crippen LogP contribution in [-0.4, -0.2) is 25.5 Å². The third-order valence-corrected chi connectivity index (χ3v) is 4.66. The SMILES string of the molecule is COc1ccccc1CN[S@@](=O)c1ccc(OC)c(C)c1OC. The maximum absolute atomic E-state index is 12.6. The van der Waals surface area contributed by atoms with Crippen LogP contribution in [0, 0.1) is 6.92 Å². The lowest BCUT2D eigenvalue weighted by Crippen LogP contribution is -2.18. The highest BCUT2D eigenvalue weighted by atomic mass is 32.2. The summed E-state index contributed by atoms with van der Waals surface area (Å²) in [6.45, 7) is 2.30. The molecule has 0 saturated heterocycles. The third kappa shape index (κ3) is 3.83. The normalized spacial score (nSPS) is 11.8. The van der Waals surface area contributed by atoms with Gasteiger partial charge < -0.3 is 14.2 Å². The van der Waals surface area contributed by atoms with Crippen LogP contribution in [0.4, 0.5) is 0 Å². The van der Waals surface area contributed by atoms with E-state index in [0.29, 0.717) is 22.9 Å². The molecule has 0 amide bonds. The van der Waals surface area contributed by atoms with Crippen molar-refractivity contribution in [3.05, 3.63) is 47.5 Å². The highest BCUT2D eigenvalue weighted by Crippen LogP contribution is 2.33. The molecular weight excluding hydrogens is 314 g/mol. The van der Waals surface area contributed by atoms with Crippen LogP contribution in [0.15, 0.2) is 41.3 Å². The number of nitrogens with one attached hydrogen (secondary N) is 1. The molecule has 0 radical (unpaired) electrons. The van der Waals surface area contributed by atoms with Crippen molar-refractivity contribution in [1.82, 2.24) is 4.72 Å². The fourth-order valence-electron chi connectivity index (χ4n) is 2.34. The summed E-state index contributed by atoms with van der Waals surface area (Å²) in [5.41, 5.74) is 1.76. The van der Waals surface area contributed by atoms with Crippen molar-refractivity contribution in [1.29, 1.82) is 0 Å². The minimum atomic E-state index is -1.41. The summed E-state index contributed by atoms with van der Waals surface area (Å²) in [4.78, 5) is 0.584. The second kappa shape index (κ2) is 7.99. The number of rotatable bonds is 7. The number of hydrogen-bond donors (Lipinski definition) is 1. The van der Waals surface area contributed by atoms with Gasteiger partial charge in [-0.2, -0.15) is 0 Å². The molecule has 0 aliphatic carbocycles. The van der Waals surface area contributed by atoms with E-state index in [0.717, 1.165) is 16.9 Å². The van der Waals surface area contributed by atoms with Crippen LogP contribution in [0.2, 0.25) is 0 Å². The fourth-order valence-corrected chi connectivity index (χ4v) is 3.38. The smallest absolute Gasteiger partial charge is 0.142 e. The van der Waals surface area contributed by atoms with E-state index in [1.54, 1.807) is 33.5 Å². The number of benzene rings is 2. The Kier molecular flexibility index (Phi) is 6.01. The van der Waals surface area contributed by atoms with Crippen LogP contribution in [0.5, 0.6) is 17.2 Å². The zero-order chi connectivity index (χ0) is 16.8. The topological polar surface area (TPSA) is 56.8 Å². The van der Waals surface area contributed by atoms with Gasteiger partial charge in [0, 0.05) is 17.7 Å². The van der Waals surface area contributed by atoms with Gasteiger partial charge >= 0.3 is 0 Å². The maximum Gasteiger partial charge on any atom is 0.142 e. The molecule has 23 heavy (non-hydrogen) atoms. The molecule has 0 heterocycles. The van der Waals surface area contributed by atoms with Crippen molar-refractivity contribution in [2.75, 3.05) is 21.3 Å². The second-order valence-corrected chi connectivity index (χ2v) is 6.09. The van der Waals surface area contributed by atoms with Crippen molar-refractivity contribution >= 4 is 11.0 Å². The Balaban J connectivity index is 2.20. The third-order valence-electron chi connectivity index (χ3n) is 3.53. The van der Waals surface area contributed by atoms with Crippen molar-refractivity contribution in [2.24, 2.45) is 0 Å². The summed E-state index contributed by atoms with van der Waals surface area (Å²) in [6.07, 6.45) is 0. The van der Waals surface area contributed by atoms with Gasteiger partial charge in [-0.1, -0.05) is 18.2 Å². The standard InChI is InChI=1S/C17H21NO4S/c1-12-14(20-2)9-10-16(17(12)22-4)23(19)18-11-13-7-5-6-8-15(13)21-3/h5-10,18H,11H2,1-4H3/t23-/m0/s1. The molecule has 1 atom stereocenters. The first-order valence-corrected chi connectivity index (χ1v) is 8.26. The van der Waals surface area contributed by atoms with Gasteiger partial charge in [0.25, 0.3) is 0 Å². The van der Waals surface area contributed by atoms with E-state index in [4.69, 9.17) is 14.2 Å². The predicted octanol–water partition coefficient (Wildman–Crippen LogP) is 2.83. The molecule has 0 aliphatic heterocycles. The second-order valence-electron chi connectivity index (χ2n) is 4.83. The van der Waals surface area contributed by atoms with Gasteiger partial charge in [-0.25, -0.2) is 8.93 Å². The number of para-hydroxylation sites is 1. The number of hydrogen-bond acceptors (Lipinski definition) is 4. The molecule has 2 aromatic rings. The van der Waals surface area contributed by atoms with E-state index in [2.05, 4.69) is 4.72 Å². The van der Waals surface area contributed by atoms with E-state index in [-0.39, 0.29) is 0 Å². The minimum Gasteiger partial charge on any atom is -0.496 e. The van der Waals surface area contributed by atoms with Crippen molar-refractivity contribution in [3.63, 3.8) is 0 Å². The Hall–Kier alpha value is -2.05. The molecule has 0 saturated carbocycles. The van der Waals surface area contributed by atoms with Crippen LogP contribution in [0.3, 0.4) is 0 Å². The van der Waals surface area contributed by atoms with Gasteiger partial charge in [0.15, 0.2) is 0 Å². The molecule has 0 bridgehead atoms. The Morgan fingerprint density at radius 2 is 1.65 bits per heavy atom. The summed E-state index contributed by atoms with van der Waals surface area (Å²) < 4.78 is 31.6. The Labute approximate surface area is 139 Å². The maximum atomic E-state index is 12.6. The number of ether oxygens (including phenoxy) is 3. The Bertz CT molecular complexity index is 703. The highest BCUT2D eigenvalue weighted by molar-refractivity contribution is 7.83.